The van der Waals surface area contributed by atoms with E-state index in [-0.39, 0.29) is 11.7 Å². The predicted octanol–water partition coefficient (Wildman–Crippen LogP) is 4.37. The third kappa shape index (κ3) is 4.82. The van der Waals surface area contributed by atoms with Crippen LogP contribution in [0.2, 0.25) is 5.02 Å². The molecule has 1 heterocycles. The summed E-state index contributed by atoms with van der Waals surface area (Å²) in [6, 6.07) is 12.7. The Hall–Kier alpha value is -2.57. The van der Waals surface area contributed by atoms with Crippen molar-refractivity contribution in [3.63, 3.8) is 0 Å². The number of halogens is 1. The number of benzene rings is 2. The molecule has 5 nitrogen and oxygen atoms in total. The van der Waals surface area contributed by atoms with Crippen molar-refractivity contribution >= 4 is 46.1 Å². The summed E-state index contributed by atoms with van der Waals surface area (Å²) < 4.78 is 0. The molecule has 0 spiro atoms. The van der Waals surface area contributed by atoms with Crippen LogP contribution in [0.1, 0.15) is 27.0 Å². The molecule has 1 aromatic heterocycles. The molecule has 144 valence electrons. The van der Waals surface area contributed by atoms with Crippen LogP contribution in [0, 0.1) is 20.8 Å². The number of aromatic nitrogens is 1. The Morgan fingerprint density at radius 2 is 1.71 bits per heavy atom. The molecule has 2 aromatic carbocycles. The topological polar surface area (TPSA) is 71.1 Å². The lowest BCUT2D eigenvalue weighted by Crippen LogP contribution is -2.42. The highest BCUT2D eigenvalue weighted by Crippen LogP contribution is 2.26. The zero-order valence-corrected chi connectivity index (χ0v) is 17.4. The van der Waals surface area contributed by atoms with Crippen molar-refractivity contribution in [2.24, 2.45) is 0 Å². The van der Waals surface area contributed by atoms with E-state index in [4.69, 9.17) is 16.6 Å². The molecule has 3 rings (SSSR count). The van der Waals surface area contributed by atoms with E-state index in [0.717, 1.165) is 27.1 Å². The van der Waals surface area contributed by atoms with Crippen molar-refractivity contribution in [2.45, 2.75) is 25.8 Å². The standard InChI is InChI=1S/C21H20ClN3O2S/c1-12-8-13(2)19-16(9-12)10-14(3)21(23-19)28-11-18(26)24-25-20(27)15-4-6-17(22)7-5-15/h4-10H,11H2,1-3H3,(H,24,26)(H,25,27). The Bertz CT molecular complexity index is 1050. The first-order chi connectivity index (χ1) is 13.3. The second-order valence-corrected chi connectivity index (χ2v) is 7.96. The van der Waals surface area contributed by atoms with Gasteiger partial charge in [-0.3, -0.25) is 20.4 Å². The van der Waals surface area contributed by atoms with E-state index in [1.165, 1.54) is 17.3 Å². The average molecular weight is 414 g/mol. The van der Waals surface area contributed by atoms with E-state index < -0.39 is 5.91 Å². The Morgan fingerprint density at radius 1 is 1.00 bits per heavy atom. The monoisotopic (exact) mass is 413 g/mol. The number of nitrogens with zero attached hydrogens (tertiary/aromatic N) is 1. The largest absolute Gasteiger partial charge is 0.272 e. The van der Waals surface area contributed by atoms with Crippen LogP contribution in [0.3, 0.4) is 0 Å². The summed E-state index contributed by atoms with van der Waals surface area (Å²) in [4.78, 5) is 28.8. The summed E-state index contributed by atoms with van der Waals surface area (Å²) in [5.41, 5.74) is 9.49. The van der Waals surface area contributed by atoms with Crippen LogP contribution in [0.4, 0.5) is 0 Å². The van der Waals surface area contributed by atoms with Gasteiger partial charge in [0.05, 0.1) is 11.3 Å². The maximum Gasteiger partial charge on any atom is 0.269 e. The number of carbonyl (C=O) groups is 2. The third-order valence-corrected chi connectivity index (χ3v) is 5.50. The number of carbonyl (C=O) groups excluding carboxylic acids is 2. The normalized spacial score (nSPS) is 10.7. The summed E-state index contributed by atoms with van der Waals surface area (Å²) in [5, 5.41) is 2.44. The number of nitrogens with one attached hydrogen (secondary N) is 2. The van der Waals surface area contributed by atoms with Gasteiger partial charge in [0, 0.05) is 16.0 Å². The lowest BCUT2D eigenvalue weighted by Gasteiger charge is -2.10. The third-order valence-electron chi connectivity index (χ3n) is 4.16. The number of fused-ring (bicyclic) bond motifs is 1. The number of hydrogen-bond donors (Lipinski definition) is 2. The number of hydrazine groups is 1. The second-order valence-electron chi connectivity index (χ2n) is 6.56. The van der Waals surface area contributed by atoms with E-state index in [9.17, 15) is 9.59 Å². The molecule has 7 heteroatoms. The lowest BCUT2D eigenvalue weighted by atomic mass is 10.1. The minimum Gasteiger partial charge on any atom is -0.272 e. The molecule has 0 saturated heterocycles. The Labute approximate surface area is 172 Å². The number of hydrogen-bond acceptors (Lipinski definition) is 4. The smallest absolute Gasteiger partial charge is 0.269 e. The van der Waals surface area contributed by atoms with E-state index in [1.54, 1.807) is 24.3 Å². The molecular weight excluding hydrogens is 394 g/mol. The molecule has 0 aliphatic heterocycles. The van der Waals surface area contributed by atoms with Gasteiger partial charge in [0.25, 0.3) is 5.91 Å². The molecule has 2 N–H and O–H groups in total. The molecule has 0 fully saturated rings. The van der Waals surface area contributed by atoms with Gasteiger partial charge in [-0.25, -0.2) is 4.98 Å². The van der Waals surface area contributed by atoms with Crippen LogP contribution in [-0.4, -0.2) is 22.6 Å². The zero-order valence-electron chi connectivity index (χ0n) is 15.8. The number of amides is 2. The predicted molar refractivity (Wildman–Crippen MR) is 114 cm³/mol. The van der Waals surface area contributed by atoms with Crippen LogP contribution < -0.4 is 10.9 Å². The van der Waals surface area contributed by atoms with Crippen molar-refractivity contribution in [3.05, 3.63) is 69.7 Å². The molecular formula is C21H20ClN3O2S. The van der Waals surface area contributed by atoms with Crippen LogP contribution in [0.15, 0.2) is 47.5 Å². The van der Waals surface area contributed by atoms with Gasteiger partial charge in [-0.15, -0.1) is 0 Å². The van der Waals surface area contributed by atoms with E-state index >= 15 is 0 Å². The van der Waals surface area contributed by atoms with Crippen LogP contribution in [0.25, 0.3) is 10.9 Å². The first-order valence-electron chi connectivity index (χ1n) is 8.69. The fourth-order valence-electron chi connectivity index (χ4n) is 2.86. The van der Waals surface area contributed by atoms with Gasteiger partial charge < -0.3 is 0 Å². The molecule has 0 radical (unpaired) electrons. The fraction of sp³-hybridized carbons (Fsp3) is 0.190. The molecule has 0 bridgehead atoms. The molecule has 2 amide bonds. The summed E-state index contributed by atoms with van der Waals surface area (Å²) in [6.07, 6.45) is 0. The molecule has 0 unspecified atom stereocenters. The highest BCUT2D eigenvalue weighted by atomic mass is 35.5. The Kier molecular flexibility index (Phi) is 6.21. The number of aryl methyl sites for hydroxylation is 3. The van der Waals surface area contributed by atoms with E-state index in [1.807, 2.05) is 13.8 Å². The van der Waals surface area contributed by atoms with E-state index in [0.29, 0.717) is 10.6 Å². The minimum atomic E-state index is -0.402. The summed E-state index contributed by atoms with van der Waals surface area (Å²) in [5.74, 6) is -0.569. The summed E-state index contributed by atoms with van der Waals surface area (Å²) in [6.45, 7) is 6.07. The number of pyridine rings is 1. The molecule has 0 atom stereocenters. The molecule has 0 aliphatic rings. The van der Waals surface area contributed by atoms with Crippen LogP contribution >= 0.6 is 23.4 Å². The minimum absolute atomic E-state index is 0.144. The molecule has 0 saturated carbocycles. The van der Waals surface area contributed by atoms with Crippen molar-refractivity contribution in [2.75, 3.05) is 5.75 Å². The van der Waals surface area contributed by atoms with Crippen molar-refractivity contribution in [1.29, 1.82) is 0 Å². The summed E-state index contributed by atoms with van der Waals surface area (Å²) in [7, 11) is 0. The van der Waals surface area contributed by atoms with Crippen LogP contribution in [-0.2, 0) is 4.79 Å². The maximum atomic E-state index is 12.1. The van der Waals surface area contributed by atoms with Gasteiger partial charge in [0.1, 0.15) is 5.03 Å². The fourth-order valence-corrected chi connectivity index (χ4v) is 3.76. The van der Waals surface area contributed by atoms with Gasteiger partial charge in [0.2, 0.25) is 5.91 Å². The van der Waals surface area contributed by atoms with Gasteiger partial charge in [-0.1, -0.05) is 35.0 Å². The van der Waals surface area contributed by atoms with Gasteiger partial charge in [0.15, 0.2) is 0 Å². The molecule has 0 aliphatic carbocycles. The molecule has 3 aromatic rings. The van der Waals surface area contributed by atoms with Crippen LogP contribution in [0.5, 0.6) is 0 Å². The maximum absolute atomic E-state index is 12.1. The summed E-state index contributed by atoms with van der Waals surface area (Å²) >= 11 is 7.14. The van der Waals surface area contributed by atoms with Gasteiger partial charge >= 0.3 is 0 Å². The molecule has 28 heavy (non-hydrogen) atoms. The number of rotatable bonds is 4. The first kappa shape index (κ1) is 20.2. The van der Waals surface area contributed by atoms with Gasteiger partial charge in [-0.2, -0.15) is 0 Å². The van der Waals surface area contributed by atoms with Crippen molar-refractivity contribution < 1.29 is 9.59 Å². The van der Waals surface area contributed by atoms with Crippen molar-refractivity contribution in [1.82, 2.24) is 15.8 Å². The van der Waals surface area contributed by atoms with E-state index in [2.05, 4.69) is 36.0 Å². The lowest BCUT2D eigenvalue weighted by molar-refractivity contribution is -0.119. The van der Waals surface area contributed by atoms with Crippen molar-refractivity contribution in [3.8, 4) is 0 Å². The van der Waals surface area contributed by atoms with Gasteiger partial charge in [-0.05, 0) is 68.3 Å². The highest BCUT2D eigenvalue weighted by molar-refractivity contribution is 7.99. The second kappa shape index (κ2) is 8.63. The zero-order chi connectivity index (χ0) is 20.3. The highest BCUT2D eigenvalue weighted by Gasteiger charge is 2.11. The quantitative estimate of drug-likeness (QED) is 0.492. The average Bonchev–Trinajstić information content (AvgIpc) is 2.65. The first-order valence-corrected chi connectivity index (χ1v) is 10.1. The Morgan fingerprint density at radius 3 is 2.43 bits per heavy atom. The SMILES string of the molecule is Cc1cc(C)c2nc(SCC(=O)NNC(=O)c3ccc(Cl)cc3)c(C)cc2c1. The Balaban J connectivity index is 1.60. The number of thioether (sulfide) groups is 1.